The Morgan fingerprint density at radius 2 is 2.24 bits per heavy atom. The summed E-state index contributed by atoms with van der Waals surface area (Å²) in [7, 11) is 1.61. The number of rotatable bonds is 4. The maximum Gasteiger partial charge on any atom is 0.133 e. The predicted molar refractivity (Wildman–Crippen MR) is 66.0 cm³/mol. The normalized spacial score (nSPS) is 10.2. The summed E-state index contributed by atoms with van der Waals surface area (Å²) in [5, 5.41) is 7.08. The molecule has 17 heavy (non-hydrogen) atoms. The van der Waals surface area contributed by atoms with E-state index in [1.807, 2.05) is 25.1 Å². The summed E-state index contributed by atoms with van der Waals surface area (Å²) >= 11 is 0. The van der Waals surface area contributed by atoms with Crippen molar-refractivity contribution in [1.29, 1.82) is 0 Å². The number of nitrogens with zero attached hydrogens (tertiary/aromatic N) is 1. The molecule has 0 atom stereocenters. The third-order valence-electron chi connectivity index (χ3n) is 2.40. The fourth-order valence-corrected chi connectivity index (χ4v) is 1.52. The number of aryl methyl sites for hydroxylation is 1. The van der Waals surface area contributed by atoms with E-state index >= 15 is 0 Å². The summed E-state index contributed by atoms with van der Waals surface area (Å²) in [6.45, 7) is 2.44. The number of nitrogens with one attached hydrogen (secondary N) is 1. The molecule has 0 aliphatic carbocycles. The summed E-state index contributed by atoms with van der Waals surface area (Å²) < 4.78 is 10.1. The van der Waals surface area contributed by atoms with Gasteiger partial charge in [-0.2, -0.15) is 0 Å². The molecule has 0 spiro atoms. The smallest absolute Gasteiger partial charge is 0.133 e. The van der Waals surface area contributed by atoms with Gasteiger partial charge in [0.2, 0.25) is 0 Å². The Labute approximate surface area is 99.6 Å². The minimum atomic E-state index is 0.577. The number of benzene rings is 1. The maximum absolute atomic E-state index is 5.88. The molecule has 90 valence electrons. The van der Waals surface area contributed by atoms with Crippen LogP contribution in [-0.4, -0.2) is 12.3 Å². The number of nitrogen functional groups attached to an aromatic ring is 1. The van der Waals surface area contributed by atoms with E-state index in [2.05, 4.69) is 10.5 Å². The van der Waals surface area contributed by atoms with Crippen LogP contribution >= 0.6 is 0 Å². The van der Waals surface area contributed by atoms with E-state index in [9.17, 15) is 0 Å². The van der Waals surface area contributed by atoms with Gasteiger partial charge in [-0.1, -0.05) is 5.16 Å². The Hall–Kier alpha value is -2.17. The van der Waals surface area contributed by atoms with Crippen LogP contribution in [0.1, 0.15) is 11.5 Å². The molecular weight excluding hydrogens is 218 g/mol. The van der Waals surface area contributed by atoms with Gasteiger partial charge < -0.3 is 20.3 Å². The van der Waals surface area contributed by atoms with Gasteiger partial charge in [0.15, 0.2) is 0 Å². The van der Waals surface area contributed by atoms with Crippen molar-refractivity contribution in [2.75, 3.05) is 18.2 Å². The highest BCUT2D eigenvalue weighted by molar-refractivity contribution is 5.68. The molecule has 1 aromatic heterocycles. The van der Waals surface area contributed by atoms with Crippen LogP contribution in [0.5, 0.6) is 5.75 Å². The van der Waals surface area contributed by atoms with Gasteiger partial charge in [0.25, 0.3) is 0 Å². The second kappa shape index (κ2) is 4.78. The molecule has 0 saturated heterocycles. The molecule has 0 radical (unpaired) electrons. The number of methoxy groups -OCH3 is 1. The van der Waals surface area contributed by atoms with E-state index < -0.39 is 0 Å². The number of anilines is 2. The third-order valence-corrected chi connectivity index (χ3v) is 2.40. The first-order valence-electron chi connectivity index (χ1n) is 5.28. The molecule has 0 aliphatic heterocycles. The summed E-state index contributed by atoms with van der Waals surface area (Å²) in [5.74, 6) is 1.54. The van der Waals surface area contributed by atoms with Crippen LogP contribution in [0.3, 0.4) is 0 Å². The minimum absolute atomic E-state index is 0.577. The van der Waals surface area contributed by atoms with Crippen molar-refractivity contribution < 1.29 is 9.26 Å². The molecular formula is C12H15N3O2. The lowest BCUT2D eigenvalue weighted by molar-refractivity contribution is 0.391. The lowest BCUT2D eigenvalue weighted by Crippen LogP contribution is -2.02. The molecule has 0 fully saturated rings. The van der Waals surface area contributed by atoms with Crippen LogP contribution in [0, 0.1) is 6.92 Å². The molecule has 0 bridgehead atoms. The highest BCUT2D eigenvalue weighted by atomic mass is 16.5. The van der Waals surface area contributed by atoms with Crippen LogP contribution in [0.15, 0.2) is 28.8 Å². The van der Waals surface area contributed by atoms with E-state index in [4.69, 9.17) is 15.0 Å². The van der Waals surface area contributed by atoms with Crippen molar-refractivity contribution in [1.82, 2.24) is 5.16 Å². The van der Waals surface area contributed by atoms with Gasteiger partial charge in [0.05, 0.1) is 25.0 Å². The molecule has 2 rings (SSSR count). The topological polar surface area (TPSA) is 73.3 Å². The average Bonchev–Trinajstić information content (AvgIpc) is 2.73. The number of aromatic nitrogens is 1. The van der Waals surface area contributed by atoms with Gasteiger partial charge in [-0.05, 0) is 19.1 Å². The zero-order valence-corrected chi connectivity index (χ0v) is 9.86. The van der Waals surface area contributed by atoms with Gasteiger partial charge in [0, 0.05) is 12.1 Å². The van der Waals surface area contributed by atoms with Crippen molar-refractivity contribution in [3.63, 3.8) is 0 Å². The molecule has 0 saturated carbocycles. The molecule has 2 aromatic rings. The monoisotopic (exact) mass is 233 g/mol. The Balaban J connectivity index is 2.04. The van der Waals surface area contributed by atoms with Crippen molar-refractivity contribution in [3.8, 4) is 5.75 Å². The van der Waals surface area contributed by atoms with Gasteiger partial charge in [-0.25, -0.2) is 0 Å². The van der Waals surface area contributed by atoms with Crippen LogP contribution in [0.25, 0.3) is 0 Å². The van der Waals surface area contributed by atoms with Crippen LogP contribution < -0.4 is 15.8 Å². The standard InChI is InChI=1S/C12H15N3O2/c1-8-5-9(15-17-8)7-14-12-4-3-10(16-2)6-11(12)13/h3-6,14H,7,13H2,1-2H3. The Bertz CT molecular complexity index is 508. The number of hydrogen-bond acceptors (Lipinski definition) is 5. The lowest BCUT2D eigenvalue weighted by atomic mass is 10.2. The predicted octanol–water partition coefficient (Wildman–Crippen LogP) is 2.19. The molecule has 1 aromatic carbocycles. The first-order valence-corrected chi connectivity index (χ1v) is 5.28. The van der Waals surface area contributed by atoms with Crippen molar-refractivity contribution in [3.05, 3.63) is 35.7 Å². The zero-order chi connectivity index (χ0) is 12.3. The molecule has 5 heteroatoms. The van der Waals surface area contributed by atoms with Crippen LogP contribution in [0.4, 0.5) is 11.4 Å². The largest absolute Gasteiger partial charge is 0.497 e. The minimum Gasteiger partial charge on any atom is -0.497 e. The van der Waals surface area contributed by atoms with Crippen molar-refractivity contribution in [2.24, 2.45) is 0 Å². The zero-order valence-electron chi connectivity index (χ0n) is 9.86. The second-order valence-corrected chi connectivity index (χ2v) is 3.74. The Morgan fingerprint density at radius 3 is 2.82 bits per heavy atom. The third kappa shape index (κ3) is 2.69. The van der Waals surface area contributed by atoms with Crippen molar-refractivity contribution >= 4 is 11.4 Å². The number of hydrogen-bond donors (Lipinski definition) is 2. The van der Waals surface area contributed by atoms with E-state index in [1.165, 1.54) is 0 Å². The summed E-state index contributed by atoms with van der Waals surface area (Å²) in [6.07, 6.45) is 0. The highest BCUT2D eigenvalue weighted by Crippen LogP contribution is 2.24. The fraction of sp³-hybridized carbons (Fsp3) is 0.250. The van der Waals surface area contributed by atoms with Crippen molar-refractivity contribution in [2.45, 2.75) is 13.5 Å². The number of nitrogens with two attached hydrogens (primary N) is 1. The summed E-state index contributed by atoms with van der Waals surface area (Å²) in [5.41, 5.74) is 8.22. The molecule has 5 nitrogen and oxygen atoms in total. The maximum atomic E-state index is 5.88. The van der Waals surface area contributed by atoms with Gasteiger partial charge in [-0.3, -0.25) is 0 Å². The van der Waals surface area contributed by atoms with E-state index in [-0.39, 0.29) is 0 Å². The van der Waals surface area contributed by atoms with Gasteiger partial charge in [0.1, 0.15) is 17.2 Å². The highest BCUT2D eigenvalue weighted by Gasteiger charge is 2.03. The van der Waals surface area contributed by atoms with E-state index in [0.717, 1.165) is 22.9 Å². The summed E-state index contributed by atoms with van der Waals surface area (Å²) in [6, 6.07) is 7.39. The SMILES string of the molecule is COc1ccc(NCc2cc(C)on2)c(N)c1. The van der Waals surface area contributed by atoms with Crippen LogP contribution in [0.2, 0.25) is 0 Å². The molecule has 3 N–H and O–H groups in total. The summed E-state index contributed by atoms with van der Waals surface area (Å²) in [4.78, 5) is 0. The average molecular weight is 233 g/mol. The molecule has 0 unspecified atom stereocenters. The quantitative estimate of drug-likeness (QED) is 0.792. The first kappa shape index (κ1) is 11.3. The Morgan fingerprint density at radius 1 is 1.41 bits per heavy atom. The molecule has 1 heterocycles. The van der Waals surface area contributed by atoms with Gasteiger partial charge in [-0.15, -0.1) is 0 Å². The first-order chi connectivity index (χ1) is 8.19. The van der Waals surface area contributed by atoms with Crippen LogP contribution in [-0.2, 0) is 6.54 Å². The Kier molecular flexibility index (Phi) is 3.18. The van der Waals surface area contributed by atoms with Gasteiger partial charge >= 0.3 is 0 Å². The lowest BCUT2D eigenvalue weighted by Gasteiger charge is -2.09. The molecule has 0 amide bonds. The van der Waals surface area contributed by atoms with E-state index in [1.54, 1.807) is 13.2 Å². The number of ether oxygens (including phenoxy) is 1. The second-order valence-electron chi connectivity index (χ2n) is 3.74. The molecule has 0 aliphatic rings. The fourth-order valence-electron chi connectivity index (χ4n) is 1.52. The van der Waals surface area contributed by atoms with E-state index in [0.29, 0.717) is 12.2 Å².